The van der Waals surface area contributed by atoms with Gasteiger partial charge in [0.15, 0.2) is 0 Å². The Morgan fingerprint density at radius 1 is 1.07 bits per heavy atom. The Morgan fingerprint density at radius 3 is 2.53 bits per heavy atom. The van der Waals surface area contributed by atoms with Gasteiger partial charge in [0, 0.05) is 12.3 Å². The van der Waals surface area contributed by atoms with E-state index in [1.54, 1.807) is 0 Å². The van der Waals surface area contributed by atoms with Crippen molar-refractivity contribution in [3.63, 3.8) is 0 Å². The highest BCUT2D eigenvalue weighted by molar-refractivity contribution is 6.17. The quantitative estimate of drug-likeness (QED) is 0.313. The van der Waals surface area contributed by atoms with Gasteiger partial charge in [-0.3, -0.25) is 0 Å². The van der Waals surface area contributed by atoms with Gasteiger partial charge in [-0.25, -0.2) is 0 Å². The van der Waals surface area contributed by atoms with E-state index >= 15 is 0 Å². The minimum atomic E-state index is 0.808. The lowest BCUT2D eigenvalue weighted by molar-refractivity contribution is 0.643. The van der Waals surface area contributed by atoms with Crippen LogP contribution in [0.5, 0.6) is 0 Å². The fourth-order valence-corrected chi connectivity index (χ4v) is 1.47. The molecule has 0 nitrogen and oxygen atoms in total. The second-order valence-corrected chi connectivity index (χ2v) is 4.10. The summed E-state index contributed by atoms with van der Waals surface area (Å²) in [5.41, 5.74) is 0. The number of alkyl halides is 1. The largest absolute Gasteiger partial charge is 0.127 e. The minimum absolute atomic E-state index is 0.808. The van der Waals surface area contributed by atoms with Gasteiger partial charge in [-0.05, 0) is 25.3 Å². The van der Waals surface area contributed by atoms with Gasteiger partial charge in [0.2, 0.25) is 0 Å². The minimum Gasteiger partial charge on any atom is -0.127 e. The van der Waals surface area contributed by atoms with Crippen LogP contribution in [0.15, 0.2) is 12.2 Å². The monoisotopic (exact) mass is 226 g/mol. The van der Waals surface area contributed by atoms with E-state index in [9.17, 15) is 0 Å². The molecule has 0 bridgehead atoms. The molecule has 15 heavy (non-hydrogen) atoms. The molecule has 0 heterocycles. The number of allylic oxidation sites excluding steroid dienone is 2. The van der Waals surface area contributed by atoms with Crippen LogP contribution in [0, 0.1) is 11.8 Å². The van der Waals surface area contributed by atoms with E-state index in [0.717, 1.165) is 25.1 Å². The summed E-state index contributed by atoms with van der Waals surface area (Å²) in [4.78, 5) is 0. The molecule has 0 unspecified atom stereocenters. The smallest absolute Gasteiger partial charge is 0.0223 e. The zero-order chi connectivity index (χ0) is 11.2. The summed E-state index contributed by atoms with van der Waals surface area (Å²) in [5, 5.41) is 0. The zero-order valence-electron chi connectivity index (χ0n) is 9.90. The molecule has 0 atom stereocenters. The molecule has 0 aromatic heterocycles. The Hall–Kier alpha value is -0.410. The highest BCUT2D eigenvalue weighted by Gasteiger charge is 1.87. The molecule has 0 radical (unpaired) electrons. The second-order valence-electron chi connectivity index (χ2n) is 3.72. The van der Waals surface area contributed by atoms with E-state index < -0.39 is 0 Å². The molecule has 0 aromatic carbocycles. The molecule has 0 amide bonds. The van der Waals surface area contributed by atoms with E-state index in [2.05, 4.69) is 24.8 Å². The van der Waals surface area contributed by atoms with Crippen LogP contribution in [0.4, 0.5) is 0 Å². The molecule has 0 N–H and O–H groups in total. The van der Waals surface area contributed by atoms with Gasteiger partial charge < -0.3 is 0 Å². The van der Waals surface area contributed by atoms with Gasteiger partial charge in [0.1, 0.15) is 0 Å². The van der Waals surface area contributed by atoms with E-state index in [4.69, 9.17) is 11.6 Å². The molecule has 0 spiro atoms. The van der Waals surface area contributed by atoms with E-state index in [0.29, 0.717) is 0 Å². The van der Waals surface area contributed by atoms with Crippen LogP contribution in [0.1, 0.15) is 58.3 Å². The zero-order valence-corrected chi connectivity index (χ0v) is 10.7. The Morgan fingerprint density at radius 2 is 1.80 bits per heavy atom. The molecule has 1 heteroatoms. The summed E-state index contributed by atoms with van der Waals surface area (Å²) in [5.74, 6) is 7.05. The maximum absolute atomic E-state index is 5.59. The van der Waals surface area contributed by atoms with Gasteiger partial charge in [-0.15, -0.1) is 11.6 Å². The van der Waals surface area contributed by atoms with Crippen LogP contribution in [0.2, 0.25) is 0 Å². The highest BCUT2D eigenvalue weighted by Crippen LogP contribution is 2.05. The van der Waals surface area contributed by atoms with Crippen molar-refractivity contribution in [2.24, 2.45) is 0 Å². The van der Waals surface area contributed by atoms with Gasteiger partial charge >= 0.3 is 0 Å². The molecule has 86 valence electrons. The summed E-state index contributed by atoms with van der Waals surface area (Å²) < 4.78 is 0. The summed E-state index contributed by atoms with van der Waals surface area (Å²) in [6.07, 6.45) is 13.8. The van der Waals surface area contributed by atoms with Crippen molar-refractivity contribution in [1.29, 1.82) is 0 Å². The first-order valence-corrected chi connectivity index (χ1v) is 6.64. The summed E-state index contributed by atoms with van der Waals surface area (Å²) in [6.45, 7) is 2.18. The van der Waals surface area contributed by atoms with Crippen molar-refractivity contribution < 1.29 is 0 Å². The van der Waals surface area contributed by atoms with Crippen molar-refractivity contribution >= 4 is 11.6 Å². The van der Waals surface area contributed by atoms with Crippen LogP contribution in [0.25, 0.3) is 0 Å². The third-order valence-electron chi connectivity index (χ3n) is 2.19. The predicted molar refractivity (Wildman–Crippen MR) is 70.2 cm³/mol. The van der Waals surface area contributed by atoms with Crippen molar-refractivity contribution in [3.8, 4) is 11.8 Å². The predicted octanol–water partition coefficient (Wildman–Crippen LogP) is 4.93. The van der Waals surface area contributed by atoms with Crippen molar-refractivity contribution in [2.45, 2.75) is 58.3 Å². The fourth-order valence-electron chi connectivity index (χ4n) is 1.28. The first kappa shape index (κ1) is 14.6. The van der Waals surface area contributed by atoms with Crippen molar-refractivity contribution in [1.82, 2.24) is 0 Å². The molecule has 0 saturated carbocycles. The molecular formula is C14H23Cl. The third-order valence-corrected chi connectivity index (χ3v) is 2.46. The number of halogens is 1. The van der Waals surface area contributed by atoms with E-state index in [1.807, 2.05) is 6.08 Å². The Kier molecular flexibility index (Phi) is 13.2. The van der Waals surface area contributed by atoms with Crippen molar-refractivity contribution in [3.05, 3.63) is 12.2 Å². The average Bonchev–Trinajstić information content (AvgIpc) is 2.26. The van der Waals surface area contributed by atoms with Gasteiger partial charge in [0.05, 0.1) is 0 Å². The maximum Gasteiger partial charge on any atom is 0.0223 e. The first-order chi connectivity index (χ1) is 7.41. The van der Waals surface area contributed by atoms with E-state index in [-0.39, 0.29) is 0 Å². The SMILES string of the molecule is CCC/C=C\C#CCCCCCCCCl. The summed E-state index contributed by atoms with van der Waals surface area (Å²) in [6, 6.07) is 0. The van der Waals surface area contributed by atoms with Gasteiger partial charge in [-0.1, -0.05) is 50.5 Å². The average molecular weight is 227 g/mol. The highest BCUT2D eigenvalue weighted by atomic mass is 35.5. The van der Waals surface area contributed by atoms with Gasteiger partial charge in [-0.2, -0.15) is 0 Å². The lowest BCUT2D eigenvalue weighted by Crippen LogP contribution is -1.79. The molecule has 0 aliphatic carbocycles. The molecule has 0 aromatic rings. The number of rotatable bonds is 8. The fraction of sp³-hybridized carbons (Fsp3) is 0.714. The van der Waals surface area contributed by atoms with Crippen LogP contribution in [0.3, 0.4) is 0 Å². The molecule has 0 saturated heterocycles. The molecular weight excluding hydrogens is 204 g/mol. The number of hydrogen-bond acceptors (Lipinski definition) is 0. The lowest BCUT2D eigenvalue weighted by Gasteiger charge is -1.95. The second kappa shape index (κ2) is 13.6. The van der Waals surface area contributed by atoms with Crippen LogP contribution >= 0.6 is 11.6 Å². The van der Waals surface area contributed by atoms with Crippen LogP contribution in [-0.2, 0) is 0 Å². The molecule has 0 aliphatic rings. The molecule has 0 aliphatic heterocycles. The van der Waals surface area contributed by atoms with Crippen LogP contribution < -0.4 is 0 Å². The molecule has 0 rings (SSSR count). The Labute approximate surface area is 100 Å². The van der Waals surface area contributed by atoms with Crippen LogP contribution in [-0.4, -0.2) is 5.88 Å². The van der Waals surface area contributed by atoms with Gasteiger partial charge in [0.25, 0.3) is 0 Å². The number of unbranched alkanes of at least 4 members (excludes halogenated alkanes) is 6. The topological polar surface area (TPSA) is 0 Å². The Bertz CT molecular complexity index is 195. The maximum atomic E-state index is 5.59. The van der Waals surface area contributed by atoms with E-state index in [1.165, 1.54) is 32.1 Å². The number of hydrogen-bond donors (Lipinski definition) is 0. The van der Waals surface area contributed by atoms with Crippen molar-refractivity contribution in [2.75, 3.05) is 5.88 Å². The lowest BCUT2D eigenvalue weighted by atomic mass is 10.1. The Balaban J connectivity index is 3.15. The summed E-state index contributed by atoms with van der Waals surface area (Å²) >= 11 is 5.59. The normalized spacial score (nSPS) is 10.3. The standard InChI is InChI=1S/C14H23Cl/c1-2-3-4-5-6-7-8-9-10-11-12-13-14-15/h4-5H,2-3,8-14H2,1H3/b5-4-. The first-order valence-electron chi connectivity index (χ1n) is 6.11. The molecule has 0 fully saturated rings. The third kappa shape index (κ3) is 13.6. The summed E-state index contributed by atoms with van der Waals surface area (Å²) in [7, 11) is 0.